The van der Waals surface area contributed by atoms with Gasteiger partial charge in [-0.1, -0.05) is 13.8 Å². The lowest BCUT2D eigenvalue weighted by atomic mass is 9.87. The van der Waals surface area contributed by atoms with E-state index >= 15 is 0 Å². The molecule has 2 fully saturated rings. The fourth-order valence-corrected chi connectivity index (χ4v) is 4.88. The molecule has 2 aromatic heterocycles. The Bertz CT molecular complexity index is 755. The van der Waals surface area contributed by atoms with E-state index in [1.807, 2.05) is 22.7 Å². The number of aromatic nitrogens is 2. The van der Waals surface area contributed by atoms with Crippen molar-refractivity contribution < 1.29 is 9.53 Å². The molecule has 4 rings (SSSR count). The topological polar surface area (TPSA) is 47.4 Å². The van der Waals surface area contributed by atoms with E-state index in [-0.39, 0.29) is 11.3 Å². The molecule has 124 valence electrons. The van der Waals surface area contributed by atoms with Gasteiger partial charge in [-0.3, -0.25) is 9.48 Å². The van der Waals surface area contributed by atoms with Gasteiger partial charge in [0.15, 0.2) is 0 Å². The highest BCUT2D eigenvalue weighted by molar-refractivity contribution is 7.20. The van der Waals surface area contributed by atoms with E-state index in [1.54, 1.807) is 11.3 Å². The summed E-state index contributed by atoms with van der Waals surface area (Å²) in [6.45, 7) is 7.64. The Balaban J connectivity index is 1.62. The molecule has 0 radical (unpaired) electrons. The number of rotatable bonds is 2. The molecule has 0 bridgehead atoms. The molecule has 2 aromatic rings. The Kier molecular flexibility index (Phi) is 3.50. The van der Waals surface area contributed by atoms with Crippen LogP contribution in [0.4, 0.5) is 0 Å². The Morgan fingerprint density at radius 2 is 2.26 bits per heavy atom. The number of ether oxygens (including phenoxy) is 1. The number of carbonyl (C=O) groups excluding carboxylic acids is 1. The highest BCUT2D eigenvalue weighted by atomic mass is 32.1. The van der Waals surface area contributed by atoms with E-state index in [4.69, 9.17) is 4.74 Å². The minimum Gasteiger partial charge on any atom is -0.381 e. The number of aryl methyl sites for hydroxylation is 1. The van der Waals surface area contributed by atoms with Crippen LogP contribution in [0.2, 0.25) is 0 Å². The summed E-state index contributed by atoms with van der Waals surface area (Å²) in [6.07, 6.45) is 2.16. The van der Waals surface area contributed by atoms with Gasteiger partial charge in [0.2, 0.25) is 0 Å². The van der Waals surface area contributed by atoms with Crippen molar-refractivity contribution in [3.05, 3.63) is 16.6 Å². The second kappa shape index (κ2) is 5.31. The lowest BCUT2D eigenvalue weighted by Gasteiger charge is -2.21. The average Bonchev–Trinajstić information content (AvgIpc) is 3.26. The SMILES string of the molecule is CC(C)c1nn(C)c2sc(C(=O)N3CCC4(CCOC4)C3)cc12. The number of amides is 1. The van der Waals surface area contributed by atoms with Crippen LogP contribution in [0.15, 0.2) is 6.07 Å². The summed E-state index contributed by atoms with van der Waals surface area (Å²) in [4.78, 5) is 16.9. The van der Waals surface area contributed by atoms with Crippen LogP contribution in [0.1, 0.15) is 48.0 Å². The second-order valence-corrected chi connectivity index (χ2v) is 8.30. The highest BCUT2D eigenvalue weighted by Gasteiger charge is 2.43. The van der Waals surface area contributed by atoms with Crippen LogP contribution in [0.3, 0.4) is 0 Å². The van der Waals surface area contributed by atoms with Crippen LogP contribution in [-0.2, 0) is 11.8 Å². The van der Waals surface area contributed by atoms with Gasteiger partial charge >= 0.3 is 0 Å². The molecule has 0 saturated carbocycles. The molecule has 6 heteroatoms. The van der Waals surface area contributed by atoms with Crippen molar-refractivity contribution in [2.24, 2.45) is 12.5 Å². The third kappa shape index (κ3) is 2.39. The summed E-state index contributed by atoms with van der Waals surface area (Å²) in [7, 11) is 1.96. The molecular formula is C17H23N3O2S. The van der Waals surface area contributed by atoms with Gasteiger partial charge in [-0.05, 0) is 24.8 Å². The second-order valence-electron chi connectivity index (χ2n) is 7.27. The van der Waals surface area contributed by atoms with Crippen molar-refractivity contribution in [2.75, 3.05) is 26.3 Å². The number of thiophene rings is 1. The highest BCUT2D eigenvalue weighted by Crippen LogP contribution is 2.39. The van der Waals surface area contributed by atoms with Gasteiger partial charge in [0, 0.05) is 37.5 Å². The average molecular weight is 333 g/mol. The monoisotopic (exact) mass is 333 g/mol. The quantitative estimate of drug-likeness (QED) is 0.849. The smallest absolute Gasteiger partial charge is 0.264 e. The van der Waals surface area contributed by atoms with Gasteiger partial charge in [0.25, 0.3) is 5.91 Å². The van der Waals surface area contributed by atoms with E-state index in [1.165, 1.54) is 0 Å². The van der Waals surface area contributed by atoms with E-state index in [0.717, 1.165) is 59.9 Å². The van der Waals surface area contributed by atoms with E-state index in [9.17, 15) is 4.79 Å². The molecule has 23 heavy (non-hydrogen) atoms. The number of nitrogens with zero attached hydrogens (tertiary/aromatic N) is 3. The van der Waals surface area contributed by atoms with E-state index in [2.05, 4.69) is 18.9 Å². The molecule has 1 spiro atoms. The predicted octanol–water partition coefficient (Wildman–Crippen LogP) is 3.01. The van der Waals surface area contributed by atoms with E-state index < -0.39 is 0 Å². The van der Waals surface area contributed by atoms with Crippen LogP contribution in [0.25, 0.3) is 10.2 Å². The third-order valence-electron chi connectivity index (χ3n) is 5.21. The summed E-state index contributed by atoms with van der Waals surface area (Å²) >= 11 is 1.57. The van der Waals surface area contributed by atoms with Gasteiger partial charge in [-0.2, -0.15) is 5.10 Å². The lowest BCUT2D eigenvalue weighted by molar-refractivity contribution is 0.0770. The van der Waals surface area contributed by atoms with Crippen molar-refractivity contribution in [3.8, 4) is 0 Å². The third-order valence-corrected chi connectivity index (χ3v) is 6.40. The maximum absolute atomic E-state index is 12.9. The normalized spacial score (nSPS) is 24.6. The zero-order chi connectivity index (χ0) is 16.2. The van der Waals surface area contributed by atoms with Crippen molar-refractivity contribution in [1.82, 2.24) is 14.7 Å². The van der Waals surface area contributed by atoms with Gasteiger partial charge in [-0.15, -0.1) is 11.3 Å². The first-order chi connectivity index (χ1) is 11.0. The molecule has 2 saturated heterocycles. The van der Waals surface area contributed by atoms with Crippen LogP contribution in [0.5, 0.6) is 0 Å². The number of fused-ring (bicyclic) bond motifs is 1. The molecule has 2 aliphatic heterocycles. The van der Waals surface area contributed by atoms with Crippen LogP contribution in [-0.4, -0.2) is 46.9 Å². The number of hydrogen-bond acceptors (Lipinski definition) is 4. The summed E-state index contributed by atoms with van der Waals surface area (Å²) in [6, 6.07) is 2.04. The number of carbonyl (C=O) groups is 1. The molecule has 1 amide bonds. The Hall–Kier alpha value is -1.40. The molecule has 1 atom stereocenters. The predicted molar refractivity (Wildman–Crippen MR) is 91.1 cm³/mol. The molecule has 1 unspecified atom stereocenters. The molecule has 0 aromatic carbocycles. The van der Waals surface area contributed by atoms with Gasteiger partial charge in [0.05, 0.1) is 17.2 Å². The summed E-state index contributed by atoms with van der Waals surface area (Å²) in [5, 5.41) is 5.72. The van der Waals surface area contributed by atoms with Crippen molar-refractivity contribution in [2.45, 2.75) is 32.6 Å². The van der Waals surface area contributed by atoms with Crippen LogP contribution < -0.4 is 0 Å². The minimum atomic E-state index is 0.171. The summed E-state index contributed by atoms with van der Waals surface area (Å²) in [5.41, 5.74) is 1.30. The van der Waals surface area contributed by atoms with Crippen molar-refractivity contribution in [3.63, 3.8) is 0 Å². The Morgan fingerprint density at radius 3 is 2.96 bits per heavy atom. The zero-order valence-electron chi connectivity index (χ0n) is 14.0. The molecule has 2 aliphatic rings. The van der Waals surface area contributed by atoms with Crippen molar-refractivity contribution >= 4 is 27.5 Å². The molecule has 0 N–H and O–H groups in total. The fraction of sp³-hybridized carbons (Fsp3) is 0.647. The largest absolute Gasteiger partial charge is 0.381 e. The number of likely N-dealkylation sites (tertiary alicyclic amines) is 1. The fourth-order valence-electron chi connectivity index (χ4n) is 3.83. The standard InChI is InChI=1S/C17H23N3O2S/c1-11(2)14-12-8-13(23-16(12)19(3)18-14)15(21)20-6-4-17(9-20)5-7-22-10-17/h8,11H,4-7,9-10H2,1-3H3. The molecule has 0 aliphatic carbocycles. The first-order valence-corrected chi connectivity index (χ1v) is 9.14. The van der Waals surface area contributed by atoms with E-state index in [0.29, 0.717) is 5.92 Å². The maximum atomic E-state index is 12.9. The summed E-state index contributed by atoms with van der Waals surface area (Å²) < 4.78 is 7.47. The van der Waals surface area contributed by atoms with Crippen LogP contribution >= 0.6 is 11.3 Å². The lowest BCUT2D eigenvalue weighted by Crippen LogP contribution is -2.32. The Labute approximate surface area is 140 Å². The molecule has 4 heterocycles. The van der Waals surface area contributed by atoms with Crippen molar-refractivity contribution in [1.29, 1.82) is 0 Å². The summed E-state index contributed by atoms with van der Waals surface area (Å²) in [5.74, 6) is 0.534. The maximum Gasteiger partial charge on any atom is 0.264 e. The zero-order valence-corrected chi connectivity index (χ0v) is 14.8. The molecular weight excluding hydrogens is 310 g/mol. The van der Waals surface area contributed by atoms with Crippen LogP contribution in [0, 0.1) is 5.41 Å². The first kappa shape index (κ1) is 15.1. The number of hydrogen-bond donors (Lipinski definition) is 0. The minimum absolute atomic E-state index is 0.171. The van der Waals surface area contributed by atoms with Gasteiger partial charge in [-0.25, -0.2) is 0 Å². The molecule has 5 nitrogen and oxygen atoms in total. The van der Waals surface area contributed by atoms with Gasteiger partial charge < -0.3 is 9.64 Å². The Morgan fingerprint density at radius 1 is 1.43 bits per heavy atom. The first-order valence-electron chi connectivity index (χ1n) is 8.33. The van der Waals surface area contributed by atoms with Gasteiger partial charge in [0.1, 0.15) is 4.83 Å².